The van der Waals surface area contributed by atoms with E-state index in [1.54, 1.807) is 18.6 Å². The average molecular weight is 522 g/mol. The van der Waals surface area contributed by atoms with E-state index in [2.05, 4.69) is 35.4 Å². The summed E-state index contributed by atoms with van der Waals surface area (Å²) in [5, 5.41) is 14.5. The average Bonchev–Trinajstić information content (AvgIpc) is 3.66. The number of anilines is 2. The number of hydrogen-bond acceptors (Lipinski definition) is 9. The lowest BCUT2D eigenvalue weighted by atomic mass is 9.95. The molecule has 0 aliphatic carbocycles. The summed E-state index contributed by atoms with van der Waals surface area (Å²) in [5.74, 6) is 1.32. The topological polar surface area (TPSA) is 142 Å². The third-order valence-corrected chi connectivity index (χ3v) is 7.73. The molecular formula is C27H23N9OS. The highest BCUT2D eigenvalue weighted by atomic mass is 32.1. The fraction of sp³-hybridized carbons (Fsp3) is 0.148. The number of benzene rings is 2. The number of H-pyrrole nitrogens is 2. The van der Waals surface area contributed by atoms with Gasteiger partial charge < -0.3 is 20.9 Å². The van der Waals surface area contributed by atoms with Crippen LogP contribution < -0.4 is 21.5 Å². The van der Waals surface area contributed by atoms with Crippen molar-refractivity contribution >= 4 is 44.6 Å². The lowest BCUT2D eigenvalue weighted by Crippen LogP contribution is -2.43. The van der Waals surface area contributed by atoms with Crippen molar-refractivity contribution in [1.29, 1.82) is 0 Å². The molecule has 0 saturated carbocycles. The normalized spacial score (nSPS) is 13.9. The third-order valence-electron chi connectivity index (χ3n) is 6.92. The number of aromatic amines is 2. The Morgan fingerprint density at radius 2 is 1.89 bits per heavy atom. The van der Waals surface area contributed by atoms with Gasteiger partial charge in [0.2, 0.25) is 0 Å². The number of nitrogens with zero attached hydrogens (tertiary/aromatic N) is 5. The van der Waals surface area contributed by atoms with Gasteiger partial charge in [-0.15, -0.1) is 11.3 Å². The fourth-order valence-corrected chi connectivity index (χ4v) is 5.71. The second-order valence-electron chi connectivity index (χ2n) is 9.14. The molecule has 188 valence electrons. The van der Waals surface area contributed by atoms with Crippen molar-refractivity contribution in [1.82, 2.24) is 35.5 Å². The standard InChI is InChI=1S/C27H23N9OS/c28-23-17(16-2-1-3-20-19(16)14-32-35-20)13-18(27-31-8-11-38-27)24-22(23)26(37)34-25(33-24)15-4-5-30-21(12-15)36-9-6-29-7-10-36/h1-5,8,11-14,29H,6-7,9-10,28H2,(H,32,35)(H,33,34,37). The quantitative estimate of drug-likeness (QED) is 0.258. The number of nitrogens with two attached hydrogens (primary N) is 1. The van der Waals surface area contributed by atoms with Crippen LogP contribution in [-0.4, -0.2) is 56.3 Å². The minimum atomic E-state index is -0.304. The van der Waals surface area contributed by atoms with Crippen molar-refractivity contribution in [3.63, 3.8) is 0 Å². The molecule has 0 radical (unpaired) electrons. The van der Waals surface area contributed by atoms with Crippen LogP contribution in [0.3, 0.4) is 0 Å². The Morgan fingerprint density at radius 3 is 2.74 bits per heavy atom. The maximum atomic E-state index is 13.7. The van der Waals surface area contributed by atoms with Gasteiger partial charge >= 0.3 is 0 Å². The lowest BCUT2D eigenvalue weighted by Gasteiger charge is -2.28. The fourth-order valence-electron chi connectivity index (χ4n) is 5.06. The number of rotatable bonds is 4. The van der Waals surface area contributed by atoms with Gasteiger partial charge in [-0.2, -0.15) is 5.10 Å². The van der Waals surface area contributed by atoms with E-state index in [4.69, 9.17) is 10.7 Å². The van der Waals surface area contributed by atoms with Crippen LogP contribution in [0.1, 0.15) is 0 Å². The zero-order valence-electron chi connectivity index (χ0n) is 20.2. The zero-order chi connectivity index (χ0) is 25.6. The lowest BCUT2D eigenvalue weighted by molar-refractivity contribution is 0.585. The van der Waals surface area contributed by atoms with Crippen molar-refractivity contribution in [3.8, 4) is 33.1 Å². The molecule has 11 heteroatoms. The van der Waals surface area contributed by atoms with Crippen LogP contribution in [0.2, 0.25) is 0 Å². The highest BCUT2D eigenvalue weighted by Gasteiger charge is 2.21. The smallest absolute Gasteiger partial charge is 0.261 e. The summed E-state index contributed by atoms with van der Waals surface area (Å²) in [5.41, 5.74) is 11.3. The predicted molar refractivity (Wildman–Crippen MR) is 151 cm³/mol. The maximum Gasteiger partial charge on any atom is 0.261 e. The minimum Gasteiger partial charge on any atom is -0.398 e. The number of nitrogen functional groups attached to an aromatic ring is 1. The molecule has 10 nitrogen and oxygen atoms in total. The Labute approximate surface area is 220 Å². The first kappa shape index (κ1) is 22.6. The Hall–Kier alpha value is -4.61. The van der Waals surface area contributed by atoms with Gasteiger partial charge in [0.05, 0.1) is 28.3 Å². The van der Waals surface area contributed by atoms with Crippen LogP contribution in [0, 0.1) is 0 Å². The number of piperazine rings is 1. The molecule has 1 aliphatic rings. The van der Waals surface area contributed by atoms with Gasteiger partial charge in [0.1, 0.15) is 16.6 Å². The van der Waals surface area contributed by atoms with Crippen LogP contribution in [0.5, 0.6) is 0 Å². The summed E-state index contributed by atoms with van der Waals surface area (Å²) in [4.78, 5) is 32.9. The van der Waals surface area contributed by atoms with Crippen molar-refractivity contribution in [3.05, 3.63) is 70.7 Å². The van der Waals surface area contributed by atoms with Crippen LogP contribution in [0.15, 0.2) is 65.2 Å². The van der Waals surface area contributed by atoms with Gasteiger partial charge in [-0.3, -0.25) is 9.89 Å². The van der Waals surface area contributed by atoms with E-state index in [1.165, 1.54) is 11.3 Å². The van der Waals surface area contributed by atoms with Crippen LogP contribution in [0.25, 0.3) is 54.9 Å². The number of hydrogen-bond donors (Lipinski definition) is 4. The molecule has 38 heavy (non-hydrogen) atoms. The Balaban J connectivity index is 1.46. The molecule has 0 bridgehead atoms. The SMILES string of the molecule is Nc1c(-c2cccc3[nH]ncc23)cc(-c2nccs2)c2nc(-c3ccnc(N4CCNCC4)c3)[nH]c(=O)c12. The van der Waals surface area contributed by atoms with Gasteiger partial charge in [-0.1, -0.05) is 12.1 Å². The first-order valence-corrected chi connectivity index (χ1v) is 13.2. The molecule has 7 rings (SSSR count). The van der Waals surface area contributed by atoms with Crippen molar-refractivity contribution in [2.45, 2.75) is 0 Å². The highest BCUT2D eigenvalue weighted by Crippen LogP contribution is 2.40. The summed E-state index contributed by atoms with van der Waals surface area (Å²) in [7, 11) is 0. The highest BCUT2D eigenvalue weighted by molar-refractivity contribution is 7.13. The molecule has 2 aromatic carbocycles. The van der Waals surface area contributed by atoms with E-state index in [9.17, 15) is 4.79 Å². The minimum absolute atomic E-state index is 0.304. The molecule has 0 amide bonds. The molecule has 6 aromatic rings. The summed E-state index contributed by atoms with van der Waals surface area (Å²) in [6.45, 7) is 3.55. The van der Waals surface area contributed by atoms with Crippen molar-refractivity contribution in [2.24, 2.45) is 0 Å². The molecule has 1 saturated heterocycles. The monoisotopic (exact) mass is 521 g/mol. The van der Waals surface area contributed by atoms with E-state index in [0.717, 1.165) is 70.2 Å². The summed E-state index contributed by atoms with van der Waals surface area (Å²) >= 11 is 1.49. The van der Waals surface area contributed by atoms with Gasteiger partial charge in [0, 0.05) is 66.0 Å². The zero-order valence-corrected chi connectivity index (χ0v) is 21.0. The van der Waals surface area contributed by atoms with Crippen LogP contribution >= 0.6 is 11.3 Å². The molecule has 5 heterocycles. The molecule has 1 aliphatic heterocycles. The molecule has 5 N–H and O–H groups in total. The maximum absolute atomic E-state index is 13.7. The number of fused-ring (bicyclic) bond motifs is 2. The Kier molecular flexibility index (Phi) is 5.38. The Morgan fingerprint density at radius 1 is 1.00 bits per heavy atom. The summed E-state index contributed by atoms with van der Waals surface area (Å²) in [6, 6.07) is 11.7. The van der Waals surface area contributed by atoms with Gasteiger partial charge in [0.25, 0.3) is 5.56 Å². The van der Waals surface area contributed by atoms with Gasteiger partial charge in [-0.05, 0) is 29.8 Å². The predicted octanol–water partition coefficient (Wildman–Crippen LogP) is 3.64. The third kappa shape index (κ3) is 3.71. The van der Waals surface area contributed by atoms with Crippen molar-refractivity contribution < 1.29 is 0 Å². The molecule has 0 spiro atoms. The largest absolute Gasteiger partial charge is 0.398 e. The van der Waals surface area contributed by atoms with Crippen molar-refractivity contribution in [2.75, 3.05) is 36.8 Å². The number of pyridine rings is 1. The van der Waals surface area contributed by atoms with E-state index in [0.29, 0.717) is 22.4 Å². The van der Waals surface area contributed by atoms with Crippen LogP contribution in [-0.2, 0) is 0 Å². The molecule has 4 aromatic heterocycles. The number of aromatic nitrogens is 6. The van der Waals surface area contributed by atoms with Gasteiger partial charge in [0.15, 0.2) is 0 Å². The number of thiazole rings is 1. The second kappa shape index (κ2) is 9.05. The molecule has 1 fully saturated rings. The summed E-state index contributed by atoms with van der Waals surface area (Å²) in [6.07, 6.45) is 5.26. The first-order chi connectivity index (χ1) is 18.7. The number of nitrogens with one attached hydrogen (secondary N) is 3. The van der Waals surface area contributed by atoms with Gasteiger partial charge in [-0.25, -0.2) is 15.0 Å². The van der Waals surface area contributed by atoms with E-state index in [-0.39, 0.29) is 5.56 Å². The molecule has 0 unspecified atom stereocenters. The van der Waals surface area contributed by atoms with E-state index in [1.807, 2.05) is 41.8 Å². The van der Waals surface area contributed by atoms with Crippen LogP contribution in [0.4, 0.5) is 11.5 Å². The molecule has 0 atom stereocenters. The molecular weight excluding hydrogens is 498 g/mol. The second-order valence-corrected chi connectivity index (χ2v) is 10.0. The van der Waals surface area contributed by atoms with E-state index < -0.39 is 0 Å². The first-order valence-electron chi connectivity index (χ1n) is 12.3. The summed E-state index contributed by atoms with van der Waals surface area (Å²) < 4.78 is 0. The Bertz CT molecular complexity index is 1850. The van der Waals surface area contributed by atoms with E-state index >= 15 is 0 Å².